The minimum Gasteiger partial charge on any atom is -0.143 e. The quantitative estimate of drug-likeness (QED) is 0.690. The molecule has 0 aromatic carbocycles. The molecule has 1 heterocycles. The molecular weight excluding hydrogens is 192 g/mol. The molecule has 12 heavy (non-hydrogen) atoms. The first-order chi connectivity index (χ1) is 5.63. The lowest BCUT2D eigenvalue weighted by atomic mass is 10.1. The summed E-state index contributed by atoms with van der Waals surface area (Å²) in [5.41, 5.74) is 0.448. The van der Waals surface area contributed by atoms with Crippen LogP contribution in [0.3, 0.4) is 0 Å². The van der Waals surface area contributed by atoms with Gasteiger partial charge in [-0.05, 0) is 11.8 Å². The smallest absolute Gasteiger partial charge is 0.132 e. The molecule has 0 radical (unpaired) electrons. The van der Waals surface area contributed by atoms with Crippen LogP contribution in [0.5, 0.6) is 0 Å². The van der Waals surface area contributed by atoms with E-state index in [4.69, 9.17) is 11.6 Å². The third-order valence-corrected chi connectivity index (χ3v) is 3.86. The largest absolute Gasteiger partial charge is 0.143 e. The standard InChI is InChI=1S/C8H11ClN2S/c1-8(2)3-5(8)7-11-10-6(4-9)12-7/h5H,3-4H2,1-2H3. The molecule has 2 nitrogen and oxygen atoms in total. The van der Waals surface area contributed by atoms with E-state index in [-0.39, 0.29) is 0 Å². The first-order valence-corrected chi connectivity index (χ1v) is 5.37. The van der Waals surface area contributed by atoms with E-state index in [0.29, 0.717) is 17.2 Å². The van der Waals surface area contributed by atoms with Crippen molar-refractivity contribution in [2.45, 2.75) is 32.1 Å². The predicted molar refractivity (Wildman–Crippen MR) is 50.6 cm³/mol. The number of alkyl halides is 1. The molecule has 1 fully saturated rings. The highest BCUT2D eigenvalue weighted by molar-refractivity contribution is 7.11. The third-order valence-electron chi connectivity index (χ3n) is 2.41. The molecule has 1 aliphatic rings. The minimum absolute atomic E-state index is 0.448. The van der Waals surface area contributed by atoms with Gasteiger partial charge in [0.15, 0.2) is 0 Å². The summed E-state index contributed by atoms with van der Waals surface area (Å²) in [6.07, 6.45) is 1.24. The van der Waals surface area contributed by atoms with E-state index in [2.05, 4.69) is 24.0 Å². The summed E-state index contributed by atoms with van der Waals surface area (Å²) in [6, 6.07) is 0. The van der Waals surface area contributed by atoms with Gasteiger partial charge in [-0.15, -0.1) is 21.8 Å². The van der Waals surface area contributed by atoms with Gasteiger partial charge in [-0.25, -0.2) is 0 Å². The molecule has 0 aliphatic heterocycles. The maximum Gasteiger partial charge on any atom is 0.132 e. The average molecular weight is 203 g/mol. The zero-order valence-corrected chi connectivity index (χ0v) is 8.74. The van der Waals surface area contributed by atoms with E-state index >= 15 is 0 Å². The Morgan fingerprint density at radius 2 is 2.25 bits per heavy atom. The van der Waals surface area contributed by atoms with Gasteiger partial charge in [0.25, 0.3) is 0 Å². The van der Waals surface area contributed by atoms with Gasteiger partial charge in [-0.3, -0.25) is 0 Å². The van der Waals surface area contributed by atoms with E-state index in [0.717, 1.165) is 10.0 Å². The van der Waals surface area contributed by atoms with Gasteiger partial charge in [0.1, 0.15) is 10.0 Å². The Hall–Kier alpha value is -0.150. The number of hydrogen-bond acceptors (Lipinski definition) is 3. The Balaban J connectivity index is 2.15. The molecule has 1 aliphatic carbocycles. The Morgan fingerprint density at radius 1 is 1.58 bits per heavy atom. The second-order valence-corrected chi connectivity index (χ2v) is 5.27. The van der Waals surface area contributed by atoms with E-state index in [1.165, 1.54) is 6.42 Å². The first kappa shape index (κ1) is 8.45. The van der Waals surface area contributed by atoms with Crippen LogP contribution in [0.4, 0.5) is 0 Å². The predicted octanol–water partition coefficient (Wildman–Crippen LogP) is 2.79. The first-order valence-electron chi connectivity index (χ1n) is 4.02. The lowest BCUT2D eigenvalue weighted by Crippen LogP contribution is -1.88. The highest BCUT2D eigenvalue weighted by Crippen LogP contribution is 2.58. The van der Waals surface area contributed by atoms with Gasteiger partial charge in [-0.1, -0.05) is 25.2 Å². The zero-order valence-electron chi connectivity index (χ0n) is 7.17. The SMILES string of the molecule is CC1(C)CC1c1nnc(CCl)s1. The molecule has 1 unspecified atom stereocenters. The zero-order chi connectivity index (χ0) is 8.77. The van der Waals surface area contributed by atoms with Gasteiger partial charge in [0.2, 0.25) is 0 Å². The summed E-state index contributed by atoms with van der Waals surface area (Å²) >= 11 is 7.30. The van der Waals surface area contributed by atoms with Crippen molar-refractivity contribution in [1.82, 2.24) is 10.2 Å². The molecule has 2 rings (SSSR count). The normalized spacial score (nSPS) is 25.8. The molecule has 0 N–H and O–H groups in total. The summed E-state index contributed by atoms with van der Waals surface area (Å²) < 4.78 is 0. The van der Waals surface area contributed by atoms with Crippen molar-refractivity contribution in [3.05, 3.63) is 10.0 Å². The summed E-state index contributed by atoms with van der Waals surface area (Å²) in [4.78, 5) is 0. The van der Waals surface area contributed by atoms with Gasteiger partial charge < -0.3 is 0 Å². The lowest BCUT2D eigenvalue weighted by molar-refractivity contribution is 0.618. The van der Waals surface area contributed by atoms with Gasteiger partial charge >= 0.3 is 0 Å². The fraction of sp³-hybridized carbons (Fsp3) is 0.750. The van der Waals surface area contributed by atoms with Crippen molar-refractivity contribution in [3.63, 3.8) is 0 Å². The number of hydrogen-bond donors (Lipinski definition) is 0. The monoisotopic (exact) mass is 202 g/mol. The molecule has 66 valence electrons. The van der Waals surface area contributed by atoms with Crippen LogP contribution in [0.25, 0.3) is 0 Å². The van der Waals surface area contributed by atoms with Crippen molar-refractivity contribution in [1.29, 1.82) is 0 Å². The Morgan fingerprint density at radius 3 is 2.67 bits per heavy atom. The maximum absolute atomic E-state index is 5.64. The molecular formula is C8H11ClN2S. The number of rotatable bonds is 2. The second kappa shape index (κ2) is 2.67. The van der Waals surface area contributed by atoms with Crippen LogP contribution in [0.2, 0.25) is 0 Å². The van der Waals surface area contributed by atoms with Crippen molar-refractivity contribution in [2.75, 3.05) is 0 Å². The van der Waals surface area contributed by atoms with Crippen LogP contribution in [-0.2, 0) is 5.88 Å². The molecule has 1 aromatic heterocycles. The average Bonchev–Trinajstić information content (AvgIpc) is 2.52. The molecule has 1 aromatic rings. The van der Waals surface area contributed by atoms with E-state index in [1.54, 1.807) is 11.3 Å². The van der Waals surface area contributed by atoms with E-state index in [1.807, 2.05) is 0 Å². The Bertz CT molecular complexity index is 295. The van der Waals surface area contributed by atoms with Crippen LogP contribution in [0.15, 0.2) is 0 Å². The Labute approximate surface area is 81.0 Å². The summed E-state index contributed by atoms with van der Waals surface area (Å²) in [6.45, 7) is 4.53. The van der Waals surface area contributed by atoms with E-state index in [9.17, 15) is 0 Å². The number of aromatic nitrogens is 2. The molecule has 0 amide bonds. The molecule has 0 saturated heterocycles. The highest BCUT2D eigenvalue weighted by atomic mass is 35.5. The fourth-order valence-electron chi connectivity index (χ4n) is 1.35. The molecule has 1 atom stereocenters. The third kappa shape index (κ3) is 1.36. The summed E-state index contributed by atoms with van der Waals surface area (Å²) in [5, 5.41) is 10.2. The molecule has 1 saturated carbocycles. The van der Waals surface area contributed by atoms with E-state index < -0.39 is 0 Å². The van der Waals surface area contributed by atoms with Crippen molar-refractivity contribution < 1.29 is 0 Å². The number of nitrogens with zero attached hydrogens (tertiary/aromatic N) is 2. The summed E-state index contributed by atoms with van der Waals surface area (Å²) in [5.74, 6) is 1.12. The molecule has 0 bridgehead atoms. The van der Waals surface area contributed by atoms with Gasteiger partial charge in [0, 0.05) is 5.92 Å². The topological polar surface area (TPSA) is 25.8 Å². The minimum atomic E-state index is 0.448. The van der Waals surface area contributed by atoms with Crippen LogP contribution in [0.1, 0.15) is 36.2 Å². The van der Waals surface area contributed by atoms with Crippen molar-refractivity contribution in [2.24, 2.45) is 5.41 Å². The fourth-order valence-corrected chi connectivity index (χ4v) is 2.57. The lowest BCUT2D eigenvalue weighted by Gasteiger charge is -1.96. The van der Waals surface area contributed by atoms with Crippen LogP contribution >= 0.6 is 22.9 Å². The Kier molecular flexibility index (Phi) is 1.88. The van der Waals surface area contributed by atoms with Gasteiger partial charge in [0.05, 0.1) is 5.88 Å². The second-order valence-electron chi connectivity index (χ2n) is 3.91. The van der Waals surface area contributed by atoms with Gasteiger partial charge in [-0.2, -0.15) is 0 Å². The van der Waals surface area contributed by atoms with Crippen LogP contribution in [0, 0.1) is 5.41 Å². The van der Waals surface area contributed by atoms with Crippen molar-refractivity contribution >= 4 is 22.9 Å². The summed E-state index contributed by atoms with van der Waals surface area (Å²) in [7, 11) is 0. The van der Waals surface area contributed by atoms with Crippen LogP contribution < -0.4 is 0 Å². The molecule has 4 heteroatoms. The highest BCUT2D eigenvalue weighted by Gasteiger charge is 2.48. The number of halogens is 1. The maximum atomic E-state index is 5.64. The van der Waals surface area contributed by atoms with Crippen molar-refractivity contribution in [3.8, 4) is 0 Å². The molecule has 0 spiro atoms. The van der Waals surface area contributed by atoms with Crippen LogP contribution in [-0.4, -0.2) is 10.2 Å².